The number of ether oxygens (including phenoxy) is 1. The molecule has 4 N–H and O–H groups in total. The molecule has 2 unspecified atom stereocenters. The van der Waals surface area contributed by atoms with Crippen LogP contribution < -0.4 is 10.6 Å². The van der Waals surface area contributed by atoms with Crippen LogP contribution in [-0.4, -0.2) is 53.7 Å². The first-order chi connectivity index (χ1) is 7.42. The quantitative estimate of drug-likeness (QED) is 0.345. The fraction of sp³-hybridized carbons (Fsp3) is 0.889. The lowest BCUT2D eigenvalue weighted by Gasteiger charge is -2.22. The number of amides is 1. The van der Waals surface area contributed by atoms with E-state index < -0.39 is 24.6 Å². The maximum atomic E-state index is 11.5. The van der Waals surface area contributed by atoms with Gasteiger partial charge >= 0.3 is 0 Å². The zero-order chi connectivity index (χ0) is 12.7. The first-order valence-electron chi connectivity index (χ1n) is 4.93. The highest BCUT2D eigenvalue weighted by Gasteiger charge is 2.20. The van der Waals surface area contributed by atoms with Crippen molar-refractivity contribution in [3.05, 3.63) is 0 Å². The molecule has 7 heteroatoms. The van der Waals surface area contributed by atoms with Gasteiger partial charge in [-0.15, -0.1) is 11.6 Å². The molecule has 0 heterocycles. The maximum Gasteiger partial charge on any atom is 0.237 e. The predicted molar refractivity (Wildman–Crippen MR) is 59.9 cm³/mol. The number of aliphatic hydroxyl groups excluding tert-OH is 2. The van der Waals surface area contributed by atoms with Crippen LogP contribution in [0.4, 0.5) is 0 Å². The maximum absolute atomic E-state index is 11.5. The van der Waals surface area contributed by atoms with Gasteiger partial charge in [-0.2, -0.15) is 0 Å². The lowest BCUT2D eigenvalue weighted by Crippen LogP contribution is -2.51. The van der Waals surface area contributed by atoms with E-state index >= 15 is 0 Å². The van der Waals surface area contributed by atoms with E-state index in [2.05, 4.69) is 15.4 Å². The van der Waals surface area contributed by atoms with Crippen LogP contribution in [0.1, 0.15) is 13.8 Å². The SMILES string of the molecule is COC(O)[C@@H](C)NC(=O)[C@@H](C)NC(O)CCl. The molecule has 1 amide bonds. The van der Waals surface area contributed by atoms with Crippen molar-refractivity contribution in [1.29, 1.82) is 0 Å². The number of carbonyl (C=O) groups is 1. The second-order valence-electron chi connectivity index (χ2n) is 3.48. The number of hydrogen-bond acceptors (Lipinski definition) is 5. The van der Waals surface area contributed by atoms with Crippen molar-refractivity contribution >= 4 is 17.5 Å². The summed E-state index contributed by atoms with van der Waals surface area (Å²) in [6.45, 7) is 3.19. The molecule has 0 bridgehead atoms. The largest absolute Gasteiger partial charge is 0.377 e. The van der Waals surface area contributed by atoms with Crippen LogP contribution in [0.25, 0.3) is 0 Å². The Morgan fingerprint density at radius 2 is 2.00 bits per heavy atom. The van der Waals surface area contributed by atoms with Gasteiger partial charge in [-0.3, -0.25) is 10.1 Å². The summed E-state index contributed by atoms with van der Waals surface area (Å²) in [6.07, 6.45) is -2.00. The number of alkyl halides is 1. The van der Waals surface area contributed by atoms with Crippen molar-refractivity contribution in [3.63, 3.8) is 0 Å². The smallest absolute Gasteiger partial charge is 0.237 e. The molecule has 0 spiro atoms. The van der Waals surface area contributed by atoms with Gasteiger partial charge < -0.3 is 20.3 Å². The molecule has 0 rings (SSSR count). The molecular weight excluding hydrogens is 236 g/mol. The zero-order valence-electron chi connectivity index (χ0n) is 9.61. The molecule has 0 aromatic rings. The minimum Gasteiger partial charge on any atom is -0.377 e. The zero-order valence-corrected chi connectivity index (χ0v) is 10.4. The van der Waals surface area contributed by atoms with Crippen LogP contribution in [0, 0.1) is 0 Å². The van der Waals surface area contributed by atoms with Crippen LogP contribution >= 0.6 is 11.6 Å². The summed E-state index contributed by atoms with van der Waals surface area (Å²) in [7, 11) is 1.34. The number of nitrogens with one attached hydrogen (secondary N) is 2. The van der Waals surface area contributed by atoms with E-state index in [4.69, 9.17) is 16.7 Å². The molecule has 4 atom stereocenters. The highest BCUT2D eigenvalue weighted by Crippen LogP contribution is 1.95. The Hall–Kier alpha value is -0.400. The van der Waals surface area contributed by atoms with E-state index in [-0.39, 0.29) is 11.8 Å². The average Bonchev–Trinajstić information content (AvgIpc) is 2.27. The van der Waals surface area contributed by atoms with Crippen LogP contribution in [0.3, 0.4) is 0 Å². The van der Waals surface area contributed by atoms with Crippen molar-refractivity contribution in [2.24, 2.45) is 0 Å². The summed E-state index contributed by atoms with van der Waals surface area (Å²) in [5, 5.41) is 23.5. The molecule has 0 saturated carbocycles. The Morgan fingerprint density at radius 3 is 2.44 bits per heavy atom. The summed E-state index contributed by atoms with van der Waals surface area (Å²) in [6, 6.07) is -1.14. The van der Waals surface area contributed by atoms with E-state index in [9.17, 15) is 9.90 Å². The molecule has 0 aromatic heterocycles. The molecule has 0 aromatic carbocycles. The molecule has 0 aliphatic carbocycles. The highest BCUT2D eigenvalue weighted by atomic mass is 35.5. The van der Waals surface area contributed by atoms with E-state index in [0.29, 0.717) is 0 Å². The van der Waals surface area contributed by atoms with Crippen molar-refractivity contribution in [1.82, 2.24) is 10.6 Å². The van der Waals surface area contributed by atoms with E-state index in [1.165, 1.54) is 7.11 Å². The summed E-state index contributed by atoms with van der Waals surface area (Å²) in [4.78, 5) is 11.5. The third-order valence-corrected chi connectivity index (χ3v) is 2.31. The van der Waals surface area contributed by atoms with Crippen LogP contribution in [0.15, 0.2) is 0 Å². The summed E-state index contributed by atoms with van der Waals surface area (Å²) in [5.74, 6) is -0.360. The summed E-state index contributed by atoms with van der Waals surface area (Å²) >= 11 is 5.38. The van der Waals surface area contributed by atoms with Gasteiger partial charge in [0.1, 0.15) is 6.23 Å². The standard InChI is InChI=1S/C9H19ClN2O4/c1-5(11-7(13)4-10)8(14)12-6(2)9(15)16-3/h5-7,9,11,13,15H,4H2,1-3H3,(H,12,14)/t5-,6-,7?,9?/m1/s1. The molecule has 96 valence electrons. The van der Waals surface area contributed by atoms with Gasteiger partial charge in [-0.25, -0.2) is 0 Å². The van der Waals surface area contributed by atoms with Gasteiger partial charge in [0.2, 0.25) is 5.91 Å². The fourth-order valence-corrected chi connectivity index (χ4v) is 1.12. The number of carbonyl (C=O) groups excluding carboxylic acids is 1. The summed E-state index contributed by atoms with van der Waals surface area (Å²) < 4.78 is 4.64. The molecule has 0 aliphatic heterocycles. The van der Waals surface area contributed by atoms with Crippen molar-refractivity contribution in [2.45, 2.75) is 38.4 Å². The molecule has 6 nitrogen and oxygen atoms in total. The first kappa shape index (κ1) is 15.6. The average molecular weight is 255 g/mol. The third kappa shape index (κ3) is 5.62. The number of halogens is 1. The van der Waals surface area contributed by atoms with E-state index in [1.54, 1.807) is 13.8 Å². The number of methoxy groups -OCH3 is 1. The number of aliphatic hydroxyl groups is 2. The van der Waals surface area contributed by atoms with Crippen LogP contribution in [0.2, 0.25) is 0 Å². The van der Waals surface area contributed by atoms with Crippen molar-refractivity contribution in [3.8, 4) is 0 Å². The number of rotatable bonds is 7. The molecule has 0 radical (unpaired) electrons. The van der Waals surface area contributed by atoms with E-state index in [0.717, 1.165) is 0 Å². The Balaban J connectivity index is 4.05. The van der Waals surface area contributed by atoms with Gasteiger partial charge in [0.25, 0.3) is 0 Å². The third-order valence-electron chi connectivity index (χ3n) is 2.02. The fourth-order valence-electron chi connectivity index (χ4n) is 1.03. The van der Waals surface area contributed by atoms with Crippen LogP contribution in [0.5, 0.6) is 0 Å². The lowest BCUT2D eigenvalue weighted by atomic mass is 10.2. The van der Waals surface area contributed by atoms with Gasteiger partial charge in [0.05, 0.1) is 18.0 Å². The minimum absolute atomic E-state index is 0.00608. The predicted octanol–water partition coefficient (Wildman–Crippen LogP) is -1.01. The lowest BCUT2D eigenvalue weighted by molar-refractivity contribution is -0.131. The Kier molecular flexibility index (Phi) is 7.61. The molecule has 0 saturated heterocycles. The van der Waals surface area contributed by atoms with Gasteiger partial charge in [0, 0.05) is 7.11 Å². The van der Waals surface area contributed by atoms with Gasteiger partial charge in [0.15, 0.2) is 6.29 Å². The molecule has 0 aliphatic rings. The second kappa shape index (κ2) is 7.81. The number of hydrogen-bond donors (Lipinski definition) is 4. The van der Waals surface area contributed by atoms with E-state index in [1.807, 2.05) is 0 Å². The normalized spacial score (nSPS) is 18.6. The highest BCUT2D eigenvalue weighted by molar-refractivity contribution is 6.18. The second-order valence-corrected chi connectivity index (χ2v) is 3.79. The minimum atomic E-state index is -1.06. The Bertz CT molecular complexity index is 218. The Morgan fingerprint density at radius 1 is 1.44 bits per heavy atom. The topological polar surface area (TPSA) is 90.8 Å². The van der Waals surface area contributed by atoms with Crippen LogP contribution in [-0.2, 0) is 9.53 Å². The first-order valence-corrected chi connectivity index (χ1v) is 5.47. The van der Waals surface area contributed by atoms with Gasteiger partial charge in [-0.1, -0.05) is 0 Å². The Labute approximate surface area is 99.9 Å². The monoisotopic (exact) mass is 254 g/mol. The summed E-state index contributed by atoms with van der Waals surface area (Å²) in [5.41, 5.74) is 0. The van der Waals surface area contributed by atoms with Crippen molar-refractivity contribution < 1.29 is 19.7 Å². The molecule has 16 heavy (non-hydrogen) atoms. The van der Waals surface area contributed by atoms with Gasteiger partial charge in [-0.05, 0) is 13.8 Å². The molecular formula is C9H19ClN2O4. The molecule has 0 fully saturated rings. The van der Waals surface area contributed by atoms with Crippen molar-refractivity contribution in [2.75, 3.05) is 13.0 Å².